The van der Waals surface area contributed by atoms with E-state index >= 15 is 0 Å². The third kappa shape index (κ3) is 3.27. The Bertz CT molecular complexity index is 433. The van der Waals surface area contributed by atoms with Crippen molar-refractivity contribution < 1.29 is 9.50 Å². The number of halogens is 1. The van der Waals surface area contributed by atoms with Crippen molar-refractivity contribution in [1.82, 2.24) is 0 Å². The van der Waals surface area contributed by atoms with Crippen LogP contribution in [0.25, 0.3) is 0 Å². The van der Waals surface area contributed by atoms with E-state index in [0.717, 1.165) is 31.5 Å². The molecule has 0 spiro atoms. The van der Waals surface area contributed by atoms with Crippen LogP contribution in [0.5, 0.6) is 0 Å². The average molecular weight is 265 g/mol. The van der Waals surface area contributed by atoms with Crippen molar-refractivity contribution in [2.24, 2.45) is 11.3 Å². The van der Waals surface area contributed by atoms with Crippen molar-refractivity contribution in [2.45, 2.75) is 39.2 Å². The predicted molar refractivity (Wildman–Crippen MR) is 76.8 cm³/mol. The Labute approximate surface area is 115 Å². The van der Waals surface area contributed by atoms with Gasteiger partial charge in [-0.25, -0.2) is 4.39 Å². The Morgan fingerprint density at radius 1 is 1.42 bits per heavy atom. The fraction of sp³-hybridized carbons (Fsp3) is 0.625. The molecular weight excluding hydrogens is 241 g/mol. The van der Waals surface area contributed by atoms with Crippen molar-refractivity contribution >= 4 is 5.69 Å². The van der Waals surface area contributed by atoms with Crippen LogP contribution in [0.1, 0.15) is 33.1 Å². The van der Waals surface area contributed by atoms with E-state index < -0.39 is 0 Å². The Morgan fingerprint density at radius 3 is 2.84 bits per heavy atom. The molecule has 1 aromatic rings. The number of hydrogen-bond donors (Lipinski definition) is 1. The number of aliphatic hydroxyl groups is 1. The van der Waals surface area contributed by atoms with E-state index in [0.29, 0.717) is 0 Å². The van der Waals surface area contributed by atoms with E-state index in [1.54, 1.807) is 12.1 Å². The molecule has 0 aliphatic heterocycles. The summed E-state index contributed by atoms with van der Waals surface area (Å²) in [5, 5.41) is 10.4. The summed E-state index contributed by atoms with van der Waals surface area (Å²) in [5.41, 5.74) is 0.863. The van der Waals surface area contributed by atoms with Crippen molar-refractivity contribution in [3.63, 3.8) is 0 Å². The summed E-state index contributed by atoms with van der Waals surface area (Å²) in [4.78, 5) is 2.04. The van der Waals surface area contributed by atoms with Crippen molar-refractivity contribution in [2.75, 3.05) is 18.5 Å². The molecule has 2 nitrogen and oxygen atoms in total. The summed E-state index contributed by atoms with van der Waals surface area (Å²) in [6.45, 7) is 5.03. The first-order chi connectivity index (χ1) is 8.90. The van der Waals surface area contributed by atoms with Crippen LogP contribution in [0.15, 0.2) is 24.3 Å². The summed E-state index contributed by atoms with van der Waals surface area (Å²) in [5.74, 6) is 0.0471. The van der Waals surface area contributed by atoms with Crippen molar-refractivity contribution in [1.29, 1.82) is 0 Å². The lowest BCUT2D eigenvalue weighted by Crippen LogP contribution is -2.44. The Morgan fingerprint density at radius 2 is 2.16 bits per heavy atom. The Kier molecular flexibility index (Phi) is 4.14. The first-order valence-electron chi connectivity index (χ1n) is 7.05. The normalized spacial score (nSPS) is 26.2. The van der Waals surface area contributed by atoms with Gasteiger partial charge in [0, 0.05) is 25.2 Å². The SMILES string of the molecule is CN(CC1CCCC(C)(C)C1O)c1cccc(F)c1. The molecule has 0 saturated heterocycles. The van der Waals surface area contributed by atoms with Crippen LogP contribution in [-0.2, 0) is 0 Å². The zero-order valence-electron chi connectivity index (χ0n) is 12.1. The molecule has 1 fully saturated rings. The lowest BCUT2D eigenvalue weighted by atomic mass is 9.69. The predicted octanol–water partition coefficient (Wildman–Crippen LogP) is 3.45. The van der Waals surface area contributed by atoms with Gasteiger partial charge in [-0.15, -0.1) is 0 Å². The third-order valence-corrected chi connectivity index (χ3v) is 4.40. The molecule has 2 rings (SSSR count). The van der Waals surface area contributed by atoms with Crippen molar-refractivity contribution in [3.8, 4) is 0 Å². The summed E-state index contributed by atoms with van der Waals surface area (Å²) >= 11 is 0. The van der Waals surface area contributed by atoms with E-state index in [4.69, 9.17) is 0 Å². The lowest BCUT2D eigenvalue weighted by Gasteiger charge is -2.42. The summed E-state index contributed by atoms with van der Waals surface area (Å²) < 4.78 is 13.2. The lowest BCUT2D eigenvalue weighted by molar-refractivity contribution is -0.0290. The minimum Gasteiger partial charge on any atom is -0.392 e. The van der Waals surface area contributed by atoms with Gasteiger partial charge in [-0.2, -0.15) is 0 Å². The van der Waals surface area contributed by atoms with E-state index in [9.17, 15) is 9.50 Å². The fourth-order valence-corrected chi connectivity index (χ4v) is 3.13. The van der Waals surface area contributed by atoms with Crippen LogP contribution in [0, 0.1) is 17.2 Å². The quantitative estimate of drug-likeness (QED) is 0.905. The fourth-order valence-electron chi connectivity index (χ4n) is 3.13. The second-order valence-electron chi connectivity index (χ2n) is 6.45. The maximum atomic E-state index is 13.2. The topological polar surface area (TPSA) is 23.5 Å². The molecule has 1 aliphatic rings. The van der Waals surface area contributed by atoms with Gasteiger partial charge in [0.2, 0.25) is 0 Å². The highest BCUT2D eigenvalue weighted by molar-refractivity contribution is 5.45. The van der Waals surface area contributed by atoms with Crippen LogP contribution < -0.4 is 4.90 Å². The first-order valence-corrected chi connectivity index (χ1v) is 7.05. The van der Waals surface area contributed by atoms with Gasteiger partial charge in [-0.3, -0.25) is 0 Å². The molecule has 0 amide bonds. The van der Waals surface area contributed by atoms with Gasteiger partial charge in [0.05, 0.1) is 6.10 Å². The molecule has 2 atom stereocenters. The van der Waals surface area contributed by atoms with Gasteiger partial charge in [0.15, 0.2) is 0 Å². The molecule has 0 bridgehead atoms. The molecule has 0 radical (unpaired) electrons. The number of rotatable bonds is 3. The van der Waals surface area contributed by atoms with E-state index in [1.165, 1.54) is 6.07 Å². The minimum absolute atomic E-state index is 0.00824. The molecule has 2 unspecified atom stereocenters. The minimum atomic E-state index is -0.280. The van der Waals surface area contributed by atoms with Gasteiger partial charge in [-0.1, -0.05) is 26.3 Å². The molecule has 1 aromatic carbocycles. The van der Waals surface area contributed by atoms with Gasteiger partial charge in [-0.05, 0) is 36.5 Å². The van der Waals surface area contributed by atoms with Crippen LogP contribution in [0.4, 0.5) is 10.1 Å². The van der Waals surface area contributed by atoms with E-state index in [1.807, 2.05) is 18.0 Å². The number of anilines is 1. The van der Waals surface area contributed by atoms with Gasteiger partial charge >= 0.3 is 0 Å². The zero-order valence-corrected chi connectivity index (χ0v) is 12.1. The van der Waals surface area contributed by atoms with Crippen LogP contribution >= 0.6 is 0 Å². The number of aliphatic hydroxyl groups excluding tert-OH is 1. The Hall–Kier alpha value is -1.09. The van der Waals surface area contributed by atoms with Crippen molar-refractivity contribution in [3.05, 3.63) is 30.1 Å². The highest BCUT2D eigenvalue weighted by Gasteiger charge is 2.37. The summed E-state index contributed by atoms with van der Waals surface area (Å²) in [6, 6.07) is 6.63. The van der Waals surface area contributed by atoms with Gasteiger partial charge in [0.25, 0.3) is 0 Å². The Balaban J connectivity index is 2.04. The number of benzene rings is 1. The highest BCUT2D eigenvalue weighted by Crippen LogP contribution is 2.39. The molecule has 1 saturated carbocycles. The maximum absolute atomic E-state index is 13.2. The average Bonchev–Trinajstić information content (AvgIpc) is 2.35. The molecule has 1 N–H and O–H groups in total. The highest BCUT2D eigenvalue weighted by atomic mass is 19.1. The zero-order chi connectivity index (χ0) is 14.0. The molecule has 106 valence electrons. The van der Waals surface area contributed by atoms with Crippen LogP contribution in [0.3, 0.4) is 0 Å². The van der Waals surface area contributed by atoms with Crippen LogP contribution in [-0.4, -0.2) is 24.8 Å². The number of hydrogen-bond acceptors (Lipinski definition) is 2. The summed E-state index contributed by atoms with van der Waals surface area (Å²) in [7, 11) is 1.96. The number of nitrogens with zero attached hydrogens (tertiary/aromatic N) is 1. The van der Waals surface area contributed by atoms with E-state index in [2.05, 4.69) is 13.8 Å². The molecule has 1 aliphatic carbocycles. The molecule has 3 heteroatoms. The standard InChI is InChI=1S/C16H24FNO/c1-16(2)9-5-6-12(15(16)19)11-18(3)14-8-4-7-13(17)10-14/h4,7-8,10,12,15,19H,5-6,9,11H2,1-3H3. The van der Waals surface area contributed by atoms with E-state index in [-0.39, 0.29) is 23.3 Å². The maximum Gasteiger partial charge on any atom is 0.125 e. The monoisotopic (exact) mass is 265 g/mol. The largest absolute Gasteiger partial charge is 0.392 e. The molecule has 19 heavy (non-hydrogen) atoms. The third-order valence-electron chi connectivity index (χ3n) is 4.40. The molecular formula is C16H24FNO. The first kappa shape index (κ1) is 14.3. The van der Waals surface area contributed by atoms with Crippen LogP contribution in [0.2, 0.25) is 0 Å². The smallest absolute Gasteiger partial charge is 0.125 e. The van der Waals surface area contributed by atoms with Gasteiger partial charge < -0.3 is 10.0 Å². The second kappa shape index (κ2) is 5.49. The van der Waals surface area contributed by atoms with Gasteiger partial charge in [0.1, 0.15) is 5.82 Å². The second-order valence-corrected chi connectivity index (χ2v) is 6.45. The molecule has 0 aromatic heterocycles. The summed E-state index contributed by atoms with van der Waals surface area (Å²) in [6.07, 6.45) is 3.00. The molecule has 0 heterocycles.